The Labute approximate surface area is 36.7 Å². The first-order chi connectivity index (χ1) is 1.73. The van der Waals surface area contributed by atoms with Gasteiger partial charge in [-0.15, -0.1) is 0 Å². The molecule has 0 unspecified atom stereocenters. The van der Waals surface area contributed by atoms with Crippen LogP contribution in [0.5, 0.6) is 0 Å². The SMILES string of the molecule is O=C(O)[TeH]. The standard InChI is InChI=1S/CH2O2Te/c2-1(3)4/h4H,(H,2,3). The molecule has 0 radical (unpaired) electrons. The van der Waals surface area contributed by atoms with E-state index in [1.807, 2.05) is 0 Å². The van der Waals surface area contributed by atoms with Gasteiger partial charge in [0.15, 0.2) is 0 Å². The molecule has 0 amide bonds. The molecular weight excluding hydrogens is 172 g/mol. The Morgan fingerprint density at radius 3 is 2.00 bits per heavy atom. The van der Waals surface area contributed by atoms with Gasteiger partial charge in [0, 0.05) is 0 Å². The molecule has 1 N–H and O–H groups in total. The molecule has 3 heteroatoms. The van der Waals surface area contributed by atoms with Crippen LogP contribution in [0.1, 0.15) is 0 Å². The molecule has 4 heavy (non-hydrogen) atoms. The summed E-state index contributed by atoms with van der Waals surface area (Å²) in [6.45, 7) is 0. The number of carboxylic acid groups (broad SMARTS) is 1. The molecule has 0 saturated heterocycles. The summed E-state index contributed by atoms with van der Waals surface area (Å²) in [5.74, 6) is 0. The zero-order chi connectivity index (χ0) is 3.58. The average molecular weight is 174 g/mol. The number of hydrogen-bond acceptors (Lipinski definition) is 1. The van der Waals surface area contributed by atoms with Gasteiger partial charge < -0.3 is 0 Å². The molecule has 0 aliphatic rings. The molecular formula is CH2O2Te. The van der Waals surface area contributed by atoms with Gasteiger partial charge in [-0.05, 0) is 0 Å². The number of hydrogen-bond donors (Lipinski definition) is 1. The fraction of sp³-hybridized carbons (Fsp3) is 0. The second-order valence-electron chi connectivity index (χ2n) is 0.283. The van der Waals surface area contributed by atoms with Gasteiger partial charge >= 0.3 is 36.2 Å². The summed E-state index contributed by atoms with van der Waals surface area (Å²) >= 11 is 0.789. The van der Waals surface area contributed by atoms with E-state index in [1.165, 1.54) is 0 Å². The van der Waals surface area contributed by atoms with E-state index >= 15 is 0 Å². The zero-order valence-corrected chi connectivity index (χ0v) is 4.36. The molecule has 0 saturated carbocycles. The monoisotopic (exact) mass is 176 g/mol. The third kappa shape index (κ3) is 53.2. The summed E-state index contributed by atoms with van der Waals surface area (Å²) in [5.41, 5.74) is 0. The Hall–Kier alpha value is 0.260. The number of carbonyl (C=O) groups is 1. The molecule has 0 aliphatic carbocycles. The predicted molar refractivity (Wildman–Crippen MR) is 15.2 cm³/mol. The summed E-state index contributed by atoms with van der Waals surface area (Å²) in [5, 5.41) is 7.44. The zero-order valence-electron chi connectivity index (χ0n) is 1.80. The van der Waals surface area contributed by atoms with Crippen molar-refractivity contribution in [2.24, 2.45) is 0 Å². The molecule has 0 atom stereocenters. The second kappa shape index (κ2) is 1.57. The van der Waals surface area contributed by atoms with Crippen molar-refractivity contribution in [1.29, 1.82) is 0 Å². The third-order valence-corrected chi connectivity index (χ3v) is 0. The van der Waals surface area contributed by atoms with Crippen molar-refractivity contribution in [3.8, 4) is 0 Å². The van der Waals surface area contributed by atoms with Crippen molar-refractivity contribution in [3.63, 3.8) is 0 Å². The molecule has 24 valence electrons. The molecule has 2 nitrogen and oxygen atoms in total. The van der Waals surface area contributed by atoms with Crippen molar-refractivity contribution in [3.05, 3.63) is 0 Å². The first-order valence-electron chi connectivity index (χ1n) is 0.651. The Kier molecular flexibility index (Phi) is 1.67. The molecule has 0 rings (SSSR count). The minimum atomic E-state index is -0.783. The van der Waals surface area contributed by atoms with Crippen LogP contribution in [-0.2, 0) is 0 Å². The molecule has 0 aromatic carbocycles. The molecule has 0 fully saturated rings. The molecule has 0 bridgehead atoms. The quantitative estimate of drug-likeness (QED) is 0.505. The molecule has 0 aromatic rings. The normalized spacial score (nSPS) is 6.25. The van der Waals surface area contributed by atoms with E-state index in [1.54, 1.807) is 0 Å². The summed E-state index contributed by atoms with van der Waals surface area (Å²) in [7, 11) is 0. The fourth-order valence-electron chi connectivity index (χ4n) is 0. The van der Waals surface area contributed by atoms with Gasteiger partial charge in [0.2, 0.25) is 0 Å². The van der Waals surface area contributed by atoms with Crippen LogP contribution < -0.4 is 0 Å². The molecule has 0 aliphatic heterocycles. The fourth-order valence-corrected chi connectivity index (χ4v) is 0. The maximum absolute atomic E-state index is 9.02. The van der Waals surface area contributed by atoms with Crippen LogP contribution in [0.15, 0.2) is 0 Å². The van der Waals surface area contributed by atoms with E-state index in [0.717, 1.165) is 22.3 Å². The van der Waals surface area contributed by atoms with E-state index in [2.05, 4.69) is 0 Å². The van der Waals surface area contributed by atoms with Crippen LogP contribution in [0.4, 0.5) is 4.79 Å². The van der Waals surface area contributed by atoms with Crippen molar-refractivity contribution >= 4 is 26.3 Å². The van der Waals surface area contributed by atoms with Crippen LogP contribution in [0.25, 0.3) is 0 Å². The van der Waals surface area contributed by atoms with Gasteiger partial charge in [0.1, 0.15) is 0 Å². The first-order valence-corrected chi connectivity index (χ1v) is 1.93. The van der Waals surface area contributed by atoms with Crippen molar-refractivity contribution < 1.29 is 9.90 Å². The van der Waals surface area contributed by atoms with Crippen LogP contribution in [0.2, 0.25) is 0 Å². The predicted octanol–water partition coefficient (Wildman–Crippen LogP) is -0.435. The molecule has 0 spiro atoms. The van der Waals surface area contributed by atoms with Gasteiger partial charge in [-0.2, -0.15) is 0 Å². The second-order valence-corrected chi connectivity index (χ2v) is 1.37. The third-order valence-electron chi connectivity index (χ3n) is 0. The van der Waals surface area contributed by atoms with Crippen LogP contribution in [-0.4, -0.2) is 31.4 Å². The Morgan fingerprint density at radius 1 is 2.00 bits per heavy atom. The van der Waals surface area contributed by atoms with E-state index in [-0.39, 0.29) is 0 Å². The summed E-state index contributed by atoms with van der Waals surface area (Å²) in [6, 6.07) is 0. The average Bonchev–Trinajstić information content (AvgIpc) is 0.811. The number of rotatable bonds is 0. The van der Waals surface area contributed by atoms with E-state index in [9.17, 15) is 0 Å². The van der Waals surface area contributed by atoms with E-state index < -0.39 is 4.02 Å². The van der Waals surface area contributed by atoms with Gasteiger partial charge in [-0.25, -0.2) is 0 Å². The maximum atomic E-state index is 9.02. The van der Waals surface area contributed by atoms with Crippen molar-refractivity contribution in [2.45, 2.75) is 0 Å². The van der Waals surface area contributed by atoms with Crippen molar-refractivity contribution in [2.75, 3.05) is 0 Å². The van der Waals surface area contributed by atoms with Gasteiger partial charge in [-0.3, -0.25) is 0 Å². The summed E-state index contributed by atoms with van der Waals surface area (Å²) in [6.07, 6.45) is 0. The van der Waals surface area contributed by atoms with Gasteiger partial charge in [0.25, 0.3) is 0 Å². The van der Waals surface area contributed by atoms with Gasteiger partial charge in [0.05, 0.1) is 0 Å². The summed E-state index contributed by atoms with van der Waals surface area (Å²) < 4.78 is -0.783. The van der Waals surface area contributed by atoms with Crippen LogP contribution in [0, 0.1) is 0 Å². The first kappa shape index (κ1) is 4.26. The van der Waals surface area contributed by atoms with Crippen LogP contribution in [0.3, 0.4) is 0 Å². The minimum absolute atomic E-state index is 0.783. The molecule has 0 heterocycles. The Morgan fingerprint density at radius 2 is 2.00 bits per heavy atom. The van der Waals surface area contributed by atoms with E-state index in [0.29, 0.717) is 0 Å². The Balaban J connectivity index is 2.80. The van der Waals surface area contributed by atoms with E-state index in [4.69, 9.17) is 9.90 Å². The summed E-state index contributed by atoms with van der Waals surface area (Å²) in [4.78, 5) is 9.02. The molecule has 0 aromatic heterocycles. The van der Waals surface area contributed by atoms with Gasteiger partial charge in [-0.1, -0.05) is 0 Å². The van der Waals surface area contributed by atoms with Crippen LogP contribution >= 0.6 is 0 Å². The topological polar surface area (TPSA) is 37.3 Å². The van der Waals surface area contributed by atoms with Crippen molar-refractivity contribution in [1.82, 2.24) is 0 Å². The Bertz CT molecular complexity index is 29.0.